The Morgan fingerprint density at radius 3 is 2.22 bits per heavy atom. The van der Waals surface area contributed by atoms with Crippen LogP contribution < -0.4 is 0 Å². The first-order valence-corrected chi connectivity index (χ1v) is 7.29. The summed E-state index contributed by atoms with van der Waals surface area (Å²) in [5.74, 6) is 0.642. The Kier molecular flexibility index (Phi) is 3.20. The second kappa shape index (κ2) is 5.50. The van der Waals surface area contributed by atoms with Crippen LogP contribution in [-0.4, -0.2) is 10.1 Å². The van der Waals surface area contributed by atoms with Gasteiger partial charge in [0.05, 0.1) is 0 Å². The number of benzene rings is 3. The molecule has 4 rings (SSSR count). The van der Waals surface area contributed by atoms with Crippen molar-refractivity contribution in [1.29, 1.82) is 0 Å². The van der Waals surface area contributed by atoms with E-state index in [9.17, 15) is 5.11 Å². The SMILES string of the molecule is Oc1ccc2ccccc2c1N=Nc1nccc2ccccc12. The Hall–Kier alpha value is -3.27. The number of phenolic OH excluding ortho intramolecular Hbond substituents is 1. The normalized spacial score (nSPS) is 11.5. The van der Waals surface area contributed by atoms with Crippen molar-refractivity contribution in [2.45, 2.75) is 0 Å². The van der Waals surface area contributed by atoms with E-state index in [4.69, 9.17) is 0 Å². The number of azo groups is 1. The highest BCUT2D eigenvalue weighted by Gasteiger charge is 2.06. The molecule has 0 aliphatic heterocycles. The van der Waals surface area contributed by atoms with E-state index < -0.39 is 0 Å². The molecule has 0 fully saturated rings. The van der Waals surface area contributed by atoms with Gasteiger partial charge >= 0.3 is 0 Å². The second-order valence-electron chi connectivity index (χ2n) is 5.21. The molecular formula is C19H13N3O. The van der Waals surface area contributed by atoms with Gasteiger partial charge in [-0.05, 0) is 22.9 Å². The summed E-state index contributed by atoms with van der Waals surface area (Å²) in [7, 11) is 0. The van der Waals surface area contributed by atoms with Gasteiger partial charge in [0.25, 0.3) is 0 Å². The lowest BCUT2D eigenvalue weighted by atomic mass is 10.1. The third-order valence-electron chi connectivity index (χ3n) is 3.78. The minimum absolute atomic E-state index is 0.104. The highest BCUT2D eigenvalue weighted by atomic mass is 16.3. The summed E-state index contributed by atoms with van der Waals surface area (Å²) in [6.07, 6.45) is 1.71. The molecular weight excluding hydrogens is 286 g/mol. The maximum atomic E-state index is 10.1. The fourth-order valence-corrected chi connectivity index (χ4v) is 2.63. The summed E-state index contributed by atoms with van der Waals surface area (Å²) >= 11 is 0. The molecule has 0 saturated heterocycles. The molecule has 4 aromatic rings. The molecule has 4 nitrogen and oxygen atoms in total. The van der Waals surface area contributed by atoms with Crippen molar-refractivity contribution in [2.75, 3.05) is 0 Å². The van der Waals surface area contributed by atoms with Gasteiger partial charge < -0.3 is 5.11 Å². The number of phenols is 1. The van der Waals surface area contributed by atoms with Crippen LogP contribution in [0.4, 0.5) is 11.5 Å². The number of pyridine rings is 1. The Morgan fingerprint density at radius 2 is 1.39 bits per heavy atom. The predicted molar refractivity (Wildman–Crippen MR) is 91.5 cm³/mol. The van der Waals surface area contributed by atoms with Crippen molar-refractivity contribution in [3.05, 3.63) is 72.9 Å². The summed E-state index contributed by atoms with van der Waals surface area (Å²) in [6.45, 7) is 0. The zero-order valence-corrected chi connectivity index (χ0v) is 12.2. The van der Waals surface area contributed by atoms with Crippen molar-refractivity contribution in [3.63, 3.8) is 0 Å². The van der Waals surface area contributed by atoms with Crippen LogP contribution in [0.15, 0.2) is 83.2 Å². The zero-order valence-electron chi connectivity index (χ0n) is 12.2. The third-order valence-corrected chi connectivity index (χ3v) is 3.78. The third kappa shape index (κ3) is 2.40. The predicted octanol–water partition coefficient (Wildman–Crippen LogP) is 5.51. The highest BCUT2D eigenvalue weighted by molar-refractivity contribution is 5.95. The monoisotopic (exact) mass is 299 g/mol. The largest absolute Gasteiger partial charge is 0.506 e. The van der Waals surface area contributed by atoms with Crippen molar-refractivity contribution < 1.29 is 5.11 Å². The van der Waals surface area contributed by atoms with E-state index in [0.717, 1.165) is 21.5 Å². The van der Waals surface area contributed by atoms with E-state index in [1.165, 1.54) is 0 Å². The van der Waals surface area contributed by atoms with Crippen LogP contribution in [0.1, 0.15) is 0 Å². The molecule has 110 valence electrons. The van der Waals surface area contributed by atoms with Crippen LogP contribution in [0.2, 0.25) is 0 Å². The Labute approximate surface area is 132 Å². The Balaban J connectivity index is 1.87. The van der Waals surface area contributed by atoms with Gasteiger partial charge in [-0.25, -0.2) is 4.98 Å². The molecule has 0 aliphatic rings. The van der Waals surface area contributed by atoms with E-state index in [1.54, 1.807) is 12.3 Å². The van der Waals surface area contributed by atoms with Crippen molar-refractivity contribution in [1.82, 2.24) is 4.98 Å². The number of rotatable bonds is 2. The van der Waals surface area contributed by atoms with Gasteiger partial charge in [0.2, 0.25) is 0 Å². The number of hydrogen-bond donors (Lipinski definition) is 1. The lowest BCUT2D eigenvalue weighted by Gasteiger charge is -2.04. The molecule has 1 N–H and O–H groups in total. The van der Waals surface area contributed by atoms with Crippen LogP contribution in [0.5, 0.6) is 5.75 Å². The maximum Gasteiger partial charge on any atom is 0.182 e. The molecule has 23 heavy (non-hydrogen) atoms. The van der Waals surface area contributed by atoms with E-state index in [1.807, 2.05) is 60.7 Å². The van der Waals surface area contributed by atoms with Crippen LogP contribution in [-0.2, 0) is 0 Å². The first-order valence-electron chi connectivity index (χ1n) is 7.29. The molecule has 0 aliphatic carbocycles. The van der Waals surface area contributed by atoms with Gasteiger partial charge in [-0.2, -0.15) is 0 Å². The summed E-state index contributed by atoms with van der Waals surface area (Å²) in [4.78, 5) is 4.29. The van der Waals surface area contributed by atoms with Crippen LogP contribution in [0, 0.1) is 0 Å². The summed E-state index contributed by atoms with van der Waals surface area (Å²) in [5.41, 5.74) is 0.456. The average Bonchev–Trinajstić information content (AvgIpc) is 2.61. The zero-order chi connectivity index (χ0) is 15.6. The first kappa shape index (κ1) is 13.4. The standard InChI is InChI=1S/C19H13N3O/c23-17-10-9-13-5-1-3-7-15(13)18(17)21-22-19-16-8-4-2-6-14(16)11-12-20-19/h1-12,23H. The molecule has 0 bridgehead atoms. The molecule has 3 aromatic carbocycles. The minimum atomic E-state index is 0.104. The Morgan fingerprint density at radius 1 is 0.696 bits per heavy atom. The second-order valence-corrected chi connectivity index (χ2v) is 5.21. The quantitative estimate of drug-likeness (QED) is 0.496. The summed E-state index contributed by atoms with van der Waals surface area (Å²) < 4.78 is 0. The number of aromatic nitrogens is 1. The first-order chi connectivity index (χ1) is 11.3. The van der Waals surface area contributed by atoms with Gasteiger partial charge in [-0.1, -0.05) is 54.6 Å². The molecule has 4 heteroatoms. The smallest absolute Gasteiger partial charge is 0.182 e. The molecule has 0 spiro atoms. The molecule has 1 aromatic heterocycles. The van der Waals surface area contributed by atoms with Crippen LogP contribution >= 0.6 is 0 Å². The number of fused-ring (bicyclic) bond motifs is 2. The summed E-state index contributed by atoms with van der Waals surface area (Å²) in [6, 6.07) is 21.1. The lowest BCUT2D eigenvalue weighted by Crippen LogP contribution is -1.78. The fourth-order valence-electron chi connectivity index (χ4n) is 2.63. The van der Waals surface area contributed by atoms with E-state index in [0.29, 0.717) is 11.5 Å². The minimum Gasteiger partial charge on any atom is -0.506 e. The van der Waals surface area contributed by atoms with Gasteiger partial charge in [-0.15, -0.1) is 10.2 Å². The van der Waals surface area contributed by atoms with E-state index >= 15 is 0 Å². The highest BCUT2D eigenvalue weighted by Crippen LogP contribution is 2.36. The van der Waals surface area contributed by atoms with Crippen molar-refractivity contribution in [3.8, 4) is 5.75 Å². The van der Waals surface area contributed by atoms with Gasteiger partial charge in [0.1, 0.15) is 11.4 Å². The lowest BCUT2D eigenvalue weighted by molar-refractivity contribution is 0.477. The number of aromatic hydroxyl groups is 1. The molecule has 0 unspecified atom stereocenters. The van der Waals surface area contributed by atoms with Crippen molar-refractivity contribution >= 4 is 33.1 Å². The number of nitrogens with zero attached hydrogens (tertiary/aromatic N) is 3. The maximum absolute atomic E-state index is 10.1. The van der Waals surface area contributed by atoms with Crippen LogP contribution in [0.25, 0.3) is 21.5 Å². The van der Waals surface area contributed by atoms with E-state index in [2.05, 4.69) is 15.2 Å². The van der Waals surface area contributed by atoms with Crippen LogP contribution in [0.3, 0.4) is 0 Å². The van der Waals surface area contributed by atoms with Gasteiger partial charge in [0.15, 0.2) is 5.82 Å². The number of hydrogen-bond acceptors (Lipinski definition) is 4. The molecule has 0 radical (unpaired) electrons. The topological polar surface area (TPSA) is 57.8 Å². The average molecular weight is 299 g/mol. The fraction of sp³-hybridized carbons (Fsp3) is 0. The summed E-state index contributed by atoms with van der Waals surface area (Å²) in [5, 5.41) is 22.5. The molecule has 0 atom stereocenters. The van der Waals surface area contributed by atoms with Crippen molar-refractivity contribution in [2.24, 2.45) is 10.2 Å². The Bertz CT molecular complexity index is 1040. The molecule has 1 heterocycles. The van der Waals surface area contributed by atoms with Gasteiger partial charge in [-0.3, -0.25) is 0 Å². The molecule has 0 saturated carbocycles. The molecule has 0 amide bonds. The van der Waals surface area contributed by atoms with Gasteiger partial charge in [0, 0.05) is 17.0 Å². The van der Waals surface area contributed by atoms with E-state index in [-0.39, 0.29) is 5.75 Å².